The molecule has 2 aromatic heterocycles. The number of anilines is 1. The number of nitrogens with zero attached hydrogens (tertiary/aromatic N) is 3. The molecule has 4 rings (SSSR count). The van der Waals surface area contributed by atoms with E-state index < -0.39 is 0 Å². The summed E-state index contributed by atoms with van der Waals surface area (Å²) in [5, 5.41) is 7.11. The first kappa shape index (κ1) is 21.0. The summed E-state index contributed by atoms with van der Waals surface area (Å²) < 4.78 is 0. The summed E-state index contributed by atoms with van der Waals surface area (Å²) in [7, 11) is 0. The third kappa shape index (κ3) is 4.43. The van der Waals surface area contributed by atoms with Crippen molar-refractivity contribution in [3.63, 3.8) is 0 Å². The zero-order valence-electron chi connectivity index (χ0n) is 17.9. The van der Waals surface area contributed by atoms with Crippen molar-refractivity contribution in [2.75, 3.05) is 31.1 Å². The summed E-state index contributed by atoms with van der Waals surface area (Å²) in [6.07, 6.45) is 7.58. The Labute approximate surface area is 181 Å². The lowest BCUT2D eigenvalue weighted by atomic mass is 9.95. The second kappa shape index (κ2) is 9.29. The summed E-state index contributed by atoms with van der Waals surface area (Å²) in [6.45, 7) is 6.89. The molecule has 1 saturated carbocycles. The minimum Gasteiger partial charge on any atom is -0.356 e. The van der Waals surface area contributed by atoms with Gasteiger partial charge in [-0.15, -0.1) is 11.3 Å². The van der Waals surface area contributed by atoms with E-state index in [9.17, 15) is 9.59 Å². The Morgan fingerprint density at radius 2 is 1.60 bits per heavy atom. The van der Waals surface area contributed by atoms with E-state index in [0.717, 1.165) is 67.6 Å². The maximum absolute atomic E-state index is 12.5. The van der Waals surface area contributed by atoms with Crippen LogP contribution in [0.5, 0.6) is 0 Å². The lowest BCUT2D eigenvalue weighted by Crippen LogP contribution is -2.43. The molecule has 8 heteroatoms. The van der Waals surface area contributed by atoms with Crippen LogP contribution in [0.3, 0.4) is 0 Å². The molecule has 2 amide bonds. The molecule has 0 unspecified atom stereocenters. The number of aromatic nitrogens is 2. The van der Waals surface area contributed by atoms with E-state index in [1.54, 1.807) is 17.7 Å². The number of aryl methyl sites for hydroxylation is 2. The van der Waals surface area contributed by atoms with Crippen LogP contribution in [0.15, 0.2) is 6.33 Å². The van der Waals surface area contributed by atoms with Gasteiger partial charge in [0.2, 0.25) is 11.8 Å². The van der Waals surface area contributed by atoms with Crippen molar-refractivity contribution in [2.45, 2.75) is 52.4 Å². The summed E-state index contributed by atoms with van der Waals surface area (Å²) in [5.41, 5.74) is 1.25. The third-order valence-electron chi connectivity index (χ3n) is 6.56. The normalized spacial score (nSPS) is 18.1. The van der Waals surface area contributed by atoms with Crippen LogP contribution in [-0.2, 0) is 9.59 Å². The highest BCUT2D eigenvalue weighted by molar-refractivity contribution is 7.18. The van der Waals surface area contributed by atoms with Gasteiger partial charge in [0, 0.05) is 42.9 Å². The molecule has 0 spiro atoms. The van der Waals surface area contributed by atoms with Crippen molar-refractivity contribution in [1.29, 1.82) is 0 Å². The van der Waals surface area contributed by atoms with Crippen LogP contribution in [0.2, 0.25) is 0 Å². The lowest BCUT2D eigenvalue weighted by Gasteiger charge is -2.32. The predicted molar refractivity (Wildman–Crippen MR) is 120 cm³/mol. The van der Waals surface area contributed by atoms with Gasteiger partial charge in [-0.05, 0) is 45.1 Å². The van der Waals surface area contributed by atoms with Crippen molar-refractivity contribution < 1.29 is 9.59 Å². The molecule has 0 bridgehead atoms. The molecular formula is C22H31N5O2S. The molecule has 2 fully saturated rings. The fourth-order valence-corrected chi connectivity index (χ4v) is 5.60. The molecule has 1 aliphatic heterocycles. The Kier molecular flexibility index (Phi) is 6.51. The number of rotatable bonds is 6. The van der Waals surface area contributed by atoms with E-state index in [1.165, 1.54) is 10.4 Å². The van der Waals surface area contributed by atoms with Gasteiger partial charge in [0.1, 0.15) is 17.0 Å². The third-order valence-corrected chi connectivity index (χ3v) is 7.68. The van der Waals surface area contributed by atoms with Gasteiger partial charge in [0.15, 0.2) is 0 Å². The number of hydrogen-bond acceptors (Lipinski definition) is 6. The molecule has 2 aliphatic rings. The molecule has 0 aromatic carbocycles. The largest absolute Gasteiger partial charge is 0.356 e. The van der Waals surface area contributed by atoms with Crippen molar-refractivity contribution in [3.8, 4) is 0 Å². The Balaban J connectivity index is 1.24. The Bertz CT molecular complexity index is 914. The number of carbonyl (C=O) groups excluding carboxylic acids is 2. The van der Waals surface area contributed by atoms with Gasteiger partial charge in [0.25, 0.3) is 0 Å². The number of thiophene rings is 1. The van der Waals surface area contributed by atoms with Crippen LogP contribution < -0.4 is 15.5 Å². The Hall–Kier alpha value is -2.22. The van der Waals surface area contributed by atoms with Crippen LogP contribution in [-0.4, -0.2) is 48.0 Å². The van der Waals surface area contributed by atoms with Gasteiger partial charge in [0.05, 0.1) is 5.39 Å². The standard InChI is InChI=1S/C22H31N5O2S/c1-14-15(2)30-22-18(14)19(25-13-26-22)27-11-7-17(8-12-27)21(29)24-10-9-23-20(28)16-5-3-4-6-16/h13,16-17H,3-12H2,1-2H3,(H,23,28)(H,24,29). The zero-order valence-corrected chi connectivity index (χ0v) is 18.7. The van der Waals surface area contributed by atoms with E-state index >= 15 is 0 Å². The molecule has 2 N–H and O–H groups in total. The number of fused-ring (bicyclic) bond motifs is 1. The van der Waals surface area contributed by atoms with Crippen molar-refractivity contribution >= 4 is 39.2 Å². The number of carbonyl (C=O) groups is 2. The number of piperidine rings is 1. The van der Waals surface area contributed by atoms with Crippen LogP contribution in [0.4, 0.5) is 5.82 Å². The number of amides is 2. The van der Waals surface area contributed by atoms with E-state index in [2.05, 4.69) is 39.3 Å². The summed E-state index contributed by atoms with van der Waals surface area (Å²) in [5.74, 6) is 1.43. The lowest BCUT2D eigenvalue weighted by molar-refractivity contribution is -0.127. The molecule has 1 saturated heterocycles. The van der Waals surface area contributed by atoms with Gasteiger partial charge < -0.3 is 15.5 Å². The average Bonchev–Trinajstić information content (AvgIpc) is 3.40. The molecule has 30 heavy (non-hydrogen) atoms. The van der Waals surface area contributed by atoms with Crippen molar-refractivity contribution in [3.05, 3.63) is 16.8 Å². The molecule has 1 aliphatic carbocycles. The molecule has 0 atom stereocenters. The molecule has 2 aromatic rings. The predicted octanol–water partition coefficient (Wildman–Crippen LogP) is 2.95. The highest BCUT2D eigenvalue weighted by Gasteiger charge is 2.27. The monoisotopic (exact) mass is 429 g/mol. The minimum absolute atomic E-state index is 0.0226. The topological polar surface area (TPSA) is 87.2 Å². The van der Waals surface area contributed by atoms with E-state index in [1.807, 2.05) is 0 Å². The number of nitrogens with one attached hydrogen (secondary N) is 2. The van der Waals surface area contributed by atoms with Crippen LogP contribution >= 0.6 is 11.3 Å². The summed E-state index contributed by atoms with van der Waals surface area (Å²) in [4.78, 5) is 38.2. The molecule has 3 heterocycles. The van der Waals surface area contributed by atoms with E-state index in [-0.39, 0.29) is 23.7 Å². The molecule has 0 radical (unpaired) electrons. The summed E-state index contributed by atoms with van der Waals surface area (Å²) >= 11 is 1.71. The van der Waals surface area contributed by atoms with Gasteiger partial charge in [-0.2, -0.15) is 0 Å². The van der Waals surface area contributed by atoms with Crippen LogP contribution in [0.1, 0.15) is 49.0 Å². The van der Waals surface area contributed by atoms with Gasteiger partial charge in [-0.1, -0.05) is 12.8 Å². The highest BCUT2D eigenvalue weighted by Crippen LogP contribution is 2.35. The maximum atomic E-state index is 12.5. The smallest absolute Gasteiger partial charge is 0.223 e. The fraction of sp³-hybridized carbons (Fsp3) is 0.636. The molecule has 7 nitrogen and oxygen atoms in total. The first-order valence-electron chi connectivity index (χ1n) is 11.1. The molecular weight excluding hydrogens is 398 g/mol. The highest BCUT2D eigenvalue weighted by atomic mass is 32.1. The Morgan fingerprint density at radius 1 is 1.00 bits per heavy atom. The van der Waals surface area contributed by atoms with E-state index in [4.69, 9.17) is 0 Å². The van der Waals surface area contributed by atoms with Gasteiger partial charge >= 0.3 is 0 Å². The van der Waals surface area contributed by atoms with Crippen molar-refractivity contribution in [2.24, 2.45) is 11.8 Å². The van der Waals surface area contributed by atoms with Gasteiger partial charge in [-0.25, -0.2) is 9.97 Å². The van der Waals surface area contributed by atoms with Crippen molar-refractivity contribution in [1.82, 2.24) is 20.6 Å². The van der Waals surface area contributed by atoms with E-state index in [0.29, 0.717) is 13.1 Å². The maximum Gasteiger partial charge on any atom is 0.223 e. The first-order valence-corrected chi connectivity index (χ1v) is 11.9. The first-order chi connectivity index (χ1) is 14.5. The second-order valence-corrected chi connectivity index (χ2v) is 9.69. The SMILES string of the molecule is Cc1sc2ncnc(N3CCC(C(=O)NCCNC(=O)C4CCCC4)CC3)c2c1C. The number of hydrogen-bond donors (Lipinski definition) is 2. The van der Waals surface area contributed by atoms with Gasteiger partial charge in [-0.3, -0.25) is 9.59 Å². The minimum atomic E-state index is 0.0226. The quantitative estimate of drug-likeness (QED) is 0.690. The fourth-order valence-electron chi connectivity index (χ4n) is 4.61. The Morgan fingerprint density at radius 3 is 2.23 bits per heavy atom. The van der Waals surface area contributed by atoms with Crippen LogP contribution in [0.25, 0.3) is 10.2 Å². The van der Waals surface area contributed by atoms with Crippen LogP contribution in [0, 0.1) is 25.7 Å². The summed E-state index contributed by atoms with van der Waals surface area (Å²) in [6, 6.07) is 0. The second-order valence-electron chi connectivity index (χ2n) is 8.49. The average molecular weight is 430 g/mol. The molecule has 162 valence electrons. The zero-order chi connectivity index (χ0) is 21.1.